The molecule has 1 aliphatic rings. The first kappa shape index (κ1) is 13.7. The molecule has 2 unspecified atom stereocenters. The molecule has 4 heteroatoms. The zero-order valence-electron chi connectivity index (χ0n) is 11.1. The Morgan fingerprint density at radius 3 is 2.63 bits per heavy atom. The monoisotopic (exact) mass is 261 g/mol. The summed E-state index contributed by atoms with van der Waals surface area (Å²) in [4.78, 5) is 25.7. The van der Waals surface area contributed by atoms with Crippen LogP contribution in [0.15, 0.2) is 30.3 Å². The van der Waals surface area contributed by atoms with E-state index in [4.69, 9.17) is 5.11 Å². The number of carbonyl (C=O) groups is 2. The fourth-order valence-corrected chi connectivity index (χ4v) is 2.58. The number of imide groups is 1. The van der Waals surface area contributed by atoms with Crippen LogP contribution in [0.4, 0.5) is 0 Å². The minimum Gasteiger partial charge on any atom is -0.396 e. The molecule has 1 saturated heterocycles. The van der Waals surface area contributed by atoms with E-state index >= 15 is 0 Å². The van der Waals surface area contributed by atoms with E-state index in [-0.39, 0.29) is 36.8 Å². The number of aliphatic hydroxyl groups is 1. The maximum absolute atomic E-state index is 12.4. The third kappa shape index (κ3) is 2.84. The molecule has 2 rings (SSSR count). The minimum absolute atomic E-state index is 0.0860. The highest BCUT2D eigenvalue weighted by atomic mass is 16.3. The topological polar surface area (TPSA) is 57.6 Å². The molecule has 0 saturated carbocycles. The first-order valence-corrected chi connectivity index (χ1v) is 6.67. The van der Waals surface area contributed by atoms with Gasteiger partial charge in [-0.15, -0.1) is 0 Å². The molecule has 4 nitrogen and oxygen atoms in total. The summed E-state index contributed by atoms with van der Waals surface area (Å²) in [6.07, 6.45) is 1.51. The van der Waals surface area contributed by atoms with Gasteiger partial charge in [-0.3, -0.25) is 14.5 Å². The molecular weight excluding hydrogens is 242 g/mol. The Kier molecular flexibility index (Phi) is 4.32. The zero-order chi connectivity index (χ0) is 13.8. The first-order chi connectivity index (χ1) is 9.15. The highest BCUT2D eigenvalue weighted by Crippen LogP contribution is 2.31. The predicted octanol–water partition coefficient (Wildman–Crippen LogP) is 1.69. The fourth-order valence-electron chi connectivity index (χ4n) is 2.58. The van der Waals surface area contributed by atoms with Gasteiger partial charge in [0.2, 0.25) is 11.8 Å². The van der Waals surface area contributed by atoms with Gasteiger partial charge in [-0.05, 0) is 25.3 Å². The van der Waals surface area contributed by atoms with Crippen LogP contribution in [0.25, 0.3) is 0 Å². The van der Waals surface area contributed by atoms with Crippen LogP contribution in [0.3, 0.4) is 0 Å². The predicted molar refractivity (Wildman–Crippen MR) is 71.4 cm³/mol. The molecule has 2 atom stereocenters. The fraction of sp³-hybridized carbons (Fsp3) is 0.467. The molecule has 0 radical (unpaired) electrons. The summed E-state index contributed by atoms with van der Waals surface area (Å²) in [6, 6.07) is 9.29. The van der Waals surface area contributed by atoms with Crippen molar-refractivity contribution in [2.24, 2.45) is 0 Å². The van der Waals surface area contributed by atoms with E-state index < -0.39 is 0 Å². The van der Waals surface area contributed by atoms with Gasteiger partial charge in [-0.2, -0.15) is 0 Å². The third-order valence-electron chi connectivity index (χ3n) is 3.61. The molecule has 2 amide bonds. The van der Waals surface area contributed by atoms with Gasteiger partial charge < -0.3 is 5.11 Å². The molecule has 1 aliphatic heterocycles. The summed E-state index contributed by atoms with van der Waals surface area (Å²) < 4.78 is 0. The van der Waals surface area contributed by atoms with Crippen molar-refractivity contribution in [2.45, 2.75) is 38.1 Å². The Labute approximate surface area is 113 Å². The molecule has 1 aromatic rings. The van der Waals surface area contributed by atoms with Crippen LogP contribution in [0.2, 0.25) is 0 Å². The van der Waals surface area contributed by atoms with Gasteiger partial charge in [0.25, 0.3) is 0 Å². The van der Waals surface area contributed by atoms with Crippen LogP contribution < -0.4 is 0 Å². The summed E-state index contributed by atoms with van der Waals surface area (Å²) in [6.45, 7) is 1.95. The Bertz CT molecular complexity index is 458. The number of amides is 2. The summed E-state index contributed by atoms with van der Waals surface area (Å²) in [5, 5.41) is 8.83. The molecule has 19 heavy (non-hydrogen) atoms. The second-order valence-electron chi connectivity index (χ2n) is 4.98. The first-order valence-electron chi connectivity index (χ1n) is 6.67. The standard InChI is InChI=1S/C15H19NO3/c1-11(6-5-9-17)16-14(18)10-13(15(16)19)12-7-3-2-4-8-12/h2-4,7-8,11,13,17H,5-6,9-10H2,1H3. The van der Waals surface area contributed by atoms with Crippen LogP contribution in [-0.2, 0) is 9.59 Å². The van der Waals surface area contributed by atoms with Crippen molar-refractivity contribution in [1.29, 1.82) is 0 Å². The number of rotatable bonds is 5. The van der Waals surface area contributed by atoms with Crippen molar-refractivity contribution in [2.75, 3.05) is 6.61 Å². The van der Waals surface area contributed by atoms with E-state index in [1.54, 1.807) is 0 Å². The van der Waals surface area contributed by atoms with Gasteiger partial charge in [-0.25, -0.2) is 0 Å². The minimum atomic E-state index is -0.342. The van der Waals surface area contributed by atoms with Crippen molar-refractivity contribution in [3.63, 3.8) is 0 Å². The Morgan fingerprint density at radius 1 is 1.32 bits per heavy atom. The number of aliphatic hydroxyl groups excluding tert-OH is 1. The van der Waals surface area contributed by atoms with Crippen LogP contribution >= 0.6 is 0 Å². The molecule has 1 N–H and O–H groups in total. The van der Waals surface area contributed by atoms with Crippen LogP contribution in [0.5, 0.6) is 0 Å². The number of nitrogens with zero attached hydrogens (tertiary/aromatic N) is 1. The number of carbonyl (C=O) groups excluding carboxylic acids is 2. The largest absolute Gasteiger partial charge is 0.396 e. The number of benzene rings is 1. The average Bonchev–Trinajstić information content (AvgIpc) is 2.72. The van der Waals surface area contributed by atoms with E-state index in [9.17, 15) is 9.59 Å². The molecule has 0 spiro atoms. The smallest absolute Gasteiger partial charge is 0.237 e. The second-order valence-corrected chi connectivity index (χ2v) is 4.98. The van der Waals surface area contributed by atoms with Crippen molar-refractivity contribution in [1.82, 2.24) is 4.90 Å². The third-order valence-corrected chi connectivity index (χ3v) is 3.61. The Hall–Kier alpha value is -1.68. The molecule has 0 aromatic heterocycles. The van der Waals surface area contributed by atoms with Crippen molar-refractivity contribution in [3.8, 4) is 0 Å². The van der Waals surface area contributed by atoms with E-state index in [2.05, 4.69) is 0 Å². The molecule has 1 aromatic carbocycles. The summed E-state index contributed by atoms with van der Waals surface area (Å²) >= 11 is 0. The van der Waals surface area contributed by atoms with E-state index in [1.807, 2.05) is 37.3 Å². The highest BCUT2D eigenvalue weighted by molar-refractivity contribution is 6.06. The molecule has 102 valence electrons. The average molecular weight is 261 g/mol. The normalized spacial score (nSPS) is 20.9. The lowest BCUT2D eigenvalue weighted by Gasteiger charge is -2.22. The van der Waals surface area contributed by atoms with Crippen molar-refractivity contribution < 1.29 is 14.7 Å². The molecule has 1 fully saturated rings. The second kappa shape index (κ2) is 5.97. The molecule has 0 aliphatic carbocycles. The Morgan fingerprint density at radius 2 is 2.00 bits per heavy atom. The summed E-state index contributed by atoms with van der Waals surface area (Å²) in [7, 11) is 0. The van der Waals surface area contributed by atoms with Crippen molar-refractivity contribution >= 4 is 11.8 Å². The summed E-state index contributed by atoms with van der Waals surface area (Å²) in [5.41, 5.74) is 0.901. The molecular formula is C15H19NO3. The van der Waals surface area contributed by atoms with Crippen LogP contribution in [-0.4, -0.2) is 34.5 Å². The van der Waals surface area contributed by atoms with E-state index in [1.165, 1.54) is 4.90 Å². The van der Waals surface area contributed by atoms with Gasteiger partial charge >= 0.3 is 0 Å². The number of hydrogen-bond acceptors (Lipinski definition) is 3. The maximum Gasteiger partial charge on any atom is 0.237 e. The molecule has 0 bridgehead atoms. The van der Waals surface area contributed by atoms with Crippen LogP contribution in [0, 0.1) is 0 Å². The van der Waals surface area contributed by atoms with E-state index in [0.717, 1.165) is 5.56 Å². The highest BCUT2D eigenvalue weighted by Gasteiger charge is 2.41. The van der Waals surface area contributed by atoms with Gasteiger partial charge in [0.05, 0.1) is 5.92 Å². The maximum atomic E-state index is 12.4. The van der Waals surface area contributed by atoms with Crippen molar-refractivity contribution in [3.05, 3.63) is 35.9 Å². The molecule has 1 heterocycles. The van der Waals surface area contributed by atoms with Gasteiger partial charge in [0.15, 0.2) is 0 Å². The van der Waals surface area contributed by atoms with Gasteiger partial charge in [-0.1, -0.05) is 30.3 Å². The number of hydrogen-bond donors (Lipinski definition) is 1. The van der Waals surface area contributed by atoms with Gasteiger partial charge in [0.1, 0.15) is 0 Å². The Balaban J connectivity index is 2.12. The lowest BCUT2D eigenvalue weighted by molar-refractivity contribution is -0.141. The van der Waals surface area contributed by atoms with Crippen LogP contribution in [0.1, 0.15) is 37.7 Å². The zero-order valence-corrected chi connectivity index (χ0v) is 11.1. The van der Waals surface area contributed by atoms with E-state index in [0.29, 0.717) is 12.8 Å². The lowest BCUT2D eigenvalue weighted by atomic mass is 9.98. The SMILES string of the molecule is CC(CCCO)N1C(=O)CC(c2ccccc2)C1=O. The summed E-state index contributed by atoms with van der Waals surface area (Å²) in [5.74, 6) is -0.559. The lowest BCUT2D eigenvalue weighted by Crippen LogP contribution is -2.38. The number of likely N-dealkylation sites (tertiary alicyclic amines) is 1. The quantitative estimate of drug-likeness (QED) is 0.821. The van der Waals surface area contributed by atoms with Gasteiger partial charge in [0, 0.05) is 19.1 Å².